The van der Waals surface area contributed by atoms with Gasteiger partial charge < -0.3 is 0 Å². The number of rotatable bonds is 1. The molecule has 0 atom stereocenters. The molecule has 0 N–H and O–H groups in total. The van der Waals surface area contributed by atoms with Gasteiger partial charge in [0.25, 0.3) is 0 Å². The number of fused-ring (bicyclic) bond motifs is 2. The summed E-state index contributed by atoms with van der Waals surface area (Å²) in [4.78, 5) is 10.9. The van der Waals surface area contributed by atoms with E-state index < -0.39 is 0 Å². The molecule has 0 spiro atoms. The van der Waals surface area contributed by atoms with Crippen molar-refractivity contribution in [1.82, 2.24) is 0 Å². The molecule has 0 aliphatic heterocycles. The molecule has 0 radical (unpaired) electrons. The molecule has 3 aromatic carbocycles. The largest absolute Gasteiger partial charge is 0.298 e. The lowest BCUT2D eigenvalue weighted by Crippen LogP contribution is -1.88. The van der Waals surface area contributed by atoms with Crippen molar-refractivity contribution in [3.05, 3.63) is 59.7 Å². The fraction of sp³-hybridized carbons (Fsp3) is 0. The van der Waals surface area contributed by atoms with Crippen LogP contribution in [0.5, 0.6) is 0 Å². The molecule has 3 rings (SSSR count). The summed E-state index contributed by atoms with van der Waals surface area (Å²) in [5.41, 5.74) is 0.869. The molecule has 3 aromatic rings. The first kappa shape index (κ1) is 10.5. The monoisotopic (exact) mass is 231 g/mol. The molecule has 0 aliphatic rings. The Balaban J connectivity index is 2.44. The van der Waals surface area contributed by atoms with Crippen LogP contribution in [0, 0.1) is 11.3 Å². The summed E-state index contributed by atoms with van der Waals surface area (Å²) in [6.07, 6.45) is 0.729. The molecule has 0 saturated heterocycles. The topological polar surface area (TPSA) is 40.9 Å². The van der Waals surface area contributed by atoms with Gasteiger partial charge >= 0.3 is 0 Å². The van der Waals surface area contributed by atoms with Crippen molar-refractivity contribution < 1.29 is 4.79 Å². The van der Waals surface area contributed by atoms with Crippen molar-refractivity contribution in [2.45, 2.75) is 0 Å². The second kappa shape index (κ2) is 3.97. The quantitative estimate of drug-likeness (QED) is 0.473. The average Bonchev–Trinajstić information content (AvgIpc) is 2.43. The van der Waals surface area contributed by atoms with E-state index in [4.69, 9.17) is 5.26 Å². The second-order valence-corrected chi connectivity index (χ2v) is 4.22. The summed E-state index contributed by atoms with van der Waals surface area (Å²) in [5, 5.41) is 13.2. The summed E-state index contributed by atoms with van der Waals surface area (Å²) < 4.78 is 0. The van der Waals surface area contributed by atoms with Crippen LogP contribution in [0.15, 0.2) is 48.5 Å². The van der Waals surface area contributed by atoms with Crippen LogP contribution in [-0.4, -0.2) is 6.29 Å². The van der Waals surface area contributed by atoms with Crippen LogP contribution >= 0.6 is 0 Å². The van der Waals surface area contributed by atoms with E-state index in [1.807, 2.05) is 36.4 Å². The fourth-order valence-electron chi connectivity index (χ4n) is 2.20. The third kappa shape index (κ3) is 1.54. The summed E-state index contributed by atoms with van der Waals surface area (Å²) >= 11 is 0. The number of carbonyl (C=O) groups excluding carboxylic acids is 1. The third-order valence-corrected chi connectivity index (χ3v) is 3.12. The molecule has 0 amide bonds. The molecule has 0 saturated carbocycles. The number of nitriles is 1. The molecule has 18 heavy (non-hydrogen) atoms. The van der Waals surface area contributed by atoms with E-state index in [0.717, 1.165) is 27.8 Å². The van der Waals surface area contributed by atoms with E-state index in [9.17, 15) is 4.79 Å². The van der Waals surface area contributed by atoms with Gasteiger partial charge in [-0.15, -0.1) is 0 Å². The minimum Gasteiger partial charge on any atom is -0.298 e. The Hall–Kier alpha value is -2.66. The molecule has 0 fully saturated rings. The Morgan fingerprint density at radius 3 is 2.06 bits per heavy atom. The summed E-state index contributed by atoms with van der Waals surface area (Å²) in [6.45, 7) is 0. The van der Waals surface area contributed by atoms with Crippen molar-refractivity contribution in [3.63, 3.8) is 0 Å². The Labute approximate surface area is 104 Å². The van der Waals surface area contributed by atoms with Gasteiger partial charge in [-0.2, -0.15) is 5.26 Å². The molecule has 2 nitrogen and oxygen atoms in total. The zero-order valence-corrected chi connectivity index (χ0v) is 9.55. The standard InChI is InChI=1S/C16H9NO/c17-9-15-7-13-5-11-3-1-2-4-12(11)6-14(13)8-16(15)10-18/h1-8,10H. The highest BCUT2D eigenvalue weighted by Gasteiger charge is 2.05. The maximum Gasteiger partial charge on any atom is 0.151 e. The first-order chi connectivity index (χ1) is 8.81. The van der Waals surface area contributed by atoms with E-state index in [0.29, 0.717) is 11.1 Å². The highest BCUT2D eigenvalue weighted by molar-refractivity contribution is 6.01. The van der Waals surface area contributed by atoms with E-state index in [2.05, 4.69) is 6.07 Å². The number of carbonyl (C=O) groups is 1. The van der Waals surface area contributed by atoms with Crippen LogP contribution in [0.2, 0.25) is 0 Å². The smallest absolute Gasteiger partial charge is 0.151 e. The van der Waals surface area contributed by atoms with Crippen molar-refractivity contribution in [1.29, 1.82) is 5.26 Å². The third-order valence-electron chi connectivity index (χ3n) is 3.12. The van der Waals surface area contributed by atoms with Crippen molar-refractivity contribution in [2.24, 2.45) is 0 Å². The van der Waals surface area contributed by atoms with Crippen molar-refractivity contribution in [3.8, 4) is 6.07 Å². The summed E-state index contributed by atoms with van der Waals surface area (Å²) in [6, 6.07) is 17.7. The molecular formula is C16H9NO. The van der Waals surface area contributed by atoms with Crippen LogP contribution in [0.4, 0.5) is 0 Å². The number of nitrogens with zero attached hydrogens (tertiary/aromatic N) is 1. The first-order valence-corrected chi connectivity index (χ1v) is 5.63. The lowest BCUT2D eigenvalue weighted by Gasteiger charge is -2.04. The highest BCUT2D eigenvalue weighted by atomic mass is 16.1. The van der Waals surface area contributed by atoms with Gasteiger partial charge in [-0.3, -0.25) is 4.79 Å². The normalized spacial score (nSPS) is 10.4. The van der Waals surface area contributed by atoms with Crippen LogP contribution in [-0.2, 0) is 0 Å². The lowest BCUT2D eigenvalue weighted by atomic mass is 9.99. The fourth-order valence-corrected chi connectivity index (χ4v) is 2.20. The maximum absolute atomic E-state index is 10.9. The molecule has 0 bridgehead atoms. The molecule has 0 aliphatic carbocycles. The van der Waals surface area contributed by atoms with Crippen molar-refractivity contribution >= 4 is 27.8 Å². The van der Waals surface area contributed by atoms with Crippen LogP contribution in [0.1, 0.15) is 15.9 Å². The molecule has 0 unspecified atom stereocenters. The molecular weight excluding hydrogens is 222 g/mol. The molecule has 0 heterocycles. The SMILES string of the molecule is N#Cc1cc2cc3ccccc3cc2cc1C=O. The van der Waals surface area contributed by atoms with E-state index >= 15 is 0 Å². The Morgan fingerprint density at radius 1 is 0.889 bits per heavy atom. The molecule has 84 valence electrons. The van der Waals surface area contributed by atoms with Gasteiger partial charge in [0.15, 0.2) is 6.29 Å². The van der Waals surface area contributed by atoms with Gasteiger partial charge in [-0.05, 0) is 45.8 Å². The zero-order chi connectivity index (χ0) is 12.5. The van der Waals surface area contributed by atoms with E-state index in [1.165, 1.54) is 0 Å². The Morgan fingerprint density at radius 2 is 1.50 bits per heavy atom. The lowest BCUT2D eigenvalue weighted by molar-refractivity contribution is 0.112. The Kier molecular flexibility index (Phi) is 2.32. The highest BCUT2D eigenvalue weighted by Crippen LogP contribution is 2.25. The van der Waals surface area contributed by atoms with Gasteiger partial charge in [-0.1, -0.05) is 24.3 Å². The van der Waals surface area contributed by atoms with Gasteiger partial charge in [-0.25, -0.2) is 0 Å². The number of hydrogen-bond acceptors (Lipinski definition) is 2. The average molecular weight is 231 g/mol. The van der Waals surface area contributed by atoms with Gasteiger partial charge in [0.2, 0.25) is 0 Å². The van der Waals surface area contributed by atoms with Crippen LogP contribution in [0.3, 0.4) is 0 Å². The van der Waals surface area contributed by atoms with E-state index in [1.54, 1.807) is 12.1 Å². The van der Waals surface area contributed by atoms with Gasteiger partial charge in [0.1, 0.15) is 0 Å². The second-order valence-electron chi connectivity index (χ2n) is 4.22. The maximum atomic E-state index is 10.9. The van der Waals surface area contributed by atoms with Gasteiger partial charge in [0.05, 0.1) is 11.6 Å². The summed E-state index contributed by atoms with van der Waals surface area (Å²) in [5.74, 6) is 0. The number of benzene rings is 3. The van der Waals surface area contributed by atoms with Crippen LogP contribution in [0.25, 0.3) is 21.5 Å². The number of hydrogen-bond donors (Lipinski definition) is 0. The summed E-state index contributed by atoms with van der Waals surface area (Å²) in [7, 11) is 0. The predicted molar refractivity (Wildman–Crippen MR) is 71.6 cm³/mol. The van der Waals surface area contributed by atoms with Crippen molar-refractivity contribution in [2.75, 3.05) is 0 Å². The number of aldehydes is 1. The zero-order valence-electron chi connectivity index (χ0n) is 9.55. The Bertz CT molecular complexity index is 812. The molecule has 0 aromatic heterocycles. The first-order valence-electron chi connectivity index (χ1n) is 5.63. The minimum absolute atomic E-state index is 0.424. The molecule has 2 heteroatoms. The van der Waals surface area contributed by atoms with Gasteiger partial charge in [0, 0.05) is 5.56 Å². The predicted octanol–water partition coefficient (Wildman–Crippen LogP) is 3.68. The van der Waals surface area contributed by atoms with E-state index in [-0.39, 0.29) is 0 Å². The van der Waals surface area contributed by atoms with Crippen LogP contribution < -0.4 is 0 Å². The minimum atomic E-state index is 0.424.